The van der Waals surface area contributed by atoms with Gasteiger partial charge in [0.25, 0.3) is 0 Å². The van der Waals surface area contributed by atoms with Crippen molar-refractivity contribution in [3.8, 4) is 0 Å². The van der Waals surface area contributed by atoms with Crippen LogP contribution in [0.25, 0.3) is 0 Å². The van der Waals surface area contributed by atoms with E-state index >= 15 is 0 Å². The predicted molar refractivity (Wildman–Crippen MR) is 72.0 cm³/mol. The lowest BCUT2D eigenvalue weighted by atomic mass is 10.1. The molecule has 1 aromatic heterocycles. The molecule has 0 spiro atoms. The molecule has 0 fully saturated rings. The SMILES string of the molecule is COC(=O)c1ccc(CCNc2cnccn2)cc1. The monoisotopic (exact) mass is 257 g/mol. The van der Waals surface area contributed by atoms with E-state index in [0.29, 0.717) is 5.56 Å². The Hall–Kier alpha value is -2.43. The summed E-state index contributed by atoms with van der Waals surface area (Å²) in [6.45, 7) is 0.760. The van der Waals surface area contributed by atoms with Crippen LogP contribution in [0.3, 0.4) is 0 Å². The minimum absolute atomic E-state index is 0.316. The highest BCUT2D eigenvalue weighted by Gasteiger charge is 2.04. The van der Waals surface area contributed by atoms with Crippen LogP contribution >= 0.6 is 0 Å². The number of hydrogen-bond acceptors (Lipinski definition) is 5. The summed E-state index contributed by atoms with van der Waals surface area (Å²) >= 11 is 0. The number of hydrogen-bond donors (Lipinski definition) is 1. The summed E-state index contributed by atoms with van der Waals surface area (Å²) in [6, 6.07) is 7.38. The van der Waals surface area contributed by atoms with E-state index in [1.807, 2.05) is 12.1 Å². The van der Waals surface area contributed by atoms with Crippen molar-refractivity contribution in [2.75, 3.05) is 19.0 Å². The molecule has 5 heteroatoms. The number of carbonyl (C=O) groups excluding carboxylic acids is 1. The zero-order chi connectivity index (χ0) is 13.5. The average molecular weight is 257 g/mol. The van der Waals surface area contributed by atoms with Gasteiger partial charge in [-0.25, -0.2) is 9.78 Å². The Kier molecular flexibility index (Phi) is 4.44. The van der Waals surface area contributed by atoms with Gasteiger partial charge in [-0.3, -0.25) is 4.98 Å². The molecule has 0 saturated carbocycles. The maximum atomic E-state index is 11.3. The first kappa shape index (κ1) is 13.0. The van der Waals surface area contributed by atoms with Crippen molar-refractivity contribution in [3.05, 3.63) is 54.0 Å². The number of esters is 1. The normalized spacial score (nSPS) is 9.95. The third kappa shape index (κ3) is 3.77. The van der Waals surface area contributed by atoms with Crippen LogP contribution in [-0.4, -0.2) is 29.6 Å². The number of methoxy groups -OCH3 is 1. The Balaban J connectivity index is 1.85. The van der Waals surface area contributed by atoms with E-state index in [1.54, 1.807) is 30.7 Å². The van der Waals surface area contributed by atoms with Crippen LogP contribution in [-0.2, 0) is 11.2 Å². The number of benzene rings is 1. The van der Waals surface area contributed by atoms with Crippen LogP contribution in [0, 0.1) is 0 Å². The van der Waals surface area contributed by atoms with Gasteiger partial charge in [-0.2, -0.15) is 0 Å². The molecule has 1 N–H and O–H groups in total. The first-order valence-electron chi connectivity index (χ1n) is 5.97. The van der Waals surface area contributed by atoms with E-state index < -0.39 is 0 Å². The molecule has 0 atom stereocenters. The van der Waals surface area contributed by atoms with Crippen molar-refractivity contribution >= 4 is 11.8 Å². The molecule has 0 aliphatic carbocycles. The quantitative estimate of drug-likeness (QED) is 0.829. The number of ether oxygens (including phenoxy) is 1. The van der Waals surface area contributed by atoms with Crippen molar-refractivity contribution in [2.24, 2.45) is 0 Å². The van der Waals surface area contributed by atoms with E-state index in [0.717, 1.165) is 24.3 Å². The molecule has 1 aromatic carbocycles. The Morgan fingerprint density at radius 2 is 2.05 bits per heavy atom. The van der Waals surface area contributed by atoms with Gasteiger partial charge < -0.3 is 10.1 Å². The molecule has 2 aromatic rings. The molecule has 5 nitrogen and oxygen atoms in total. The van der Waals surface area contributed by atoms with Crippen molar-refractivity contribution in [1.82, 2.24) is 9.97 Å². The standard InChI is InChI=1S/C14H15N3O2/c1-19-14(18)12-4-2-11(3-5-12)6-7-16-13-10-15-8-9-17-13/h2-5,8-10H,6-7H2,1H3,(H,16,17). The molecule has 2 rings (SSSR count). The number of rotatable bonds is 5. The van der Waals surface area contributed by atoms with Gasteiger partial charge in [-0.15, -0.1) is 0 Å². The summed E-state index contributed by atoms with van der Waals surface area (Å²) < 4.78 is 4.65. The molecule has 19 heavy (non-hydrogen) atoms. The van der Waals surface area contributed by atoms with Crippen LogP contribution in [0.1, 0.15) is 15.9 Å². The first-order valence-corrected chi connectivity index (χ1v) is 5.97. The van der Waals surface area contributed by atoms with Gasteiger partial charge in [0.2, 0.25) is 0 Å². The van der Waals surface area contributed by atoms with E-state index in [9.17, 15) is 4.79 Å². The third-order valence-electron chi connectivity index (χ3n) is 2.66. The number of anilines is 1. The van der Waals surface area contributed by atoms with Crippen molar-refractivity contribution in [2.45, 2.75) is 6.42 Å². The Morgan fingerprint density at radius 3 is 2.68 bits per heavy atom. The molecule has 0 saturated heterocycles. The highest BCUT2D eigenvalue weighted by atomic mass is 16.5. The Labute approximate surface area is 111 Å². The molecular weight excluding hydrogens is 242 g/mol. The zero-order valence-electron chi connectivity index (χ0n) is 10.7. The van der Waals surface area contributed by atoms with Gasteiger partial charge in [0.15, 0.2) is 0 Å². The maximum absolute atomic E-state index is 11.3. The lowest BCUT2D eigenvalue weighted by molar-refractivity contribution is 0.0600. The first-order chi connectivity index (χ1) is 9.29. The highest BCUT2D eigenvalue weighted by Crippen LogP contribution is 2.07. The summed E-state index contributed by atoms with van der Waals surface area (Å²) in [5.41, 5.74) is 1.71. The van der Waals surface area contributed by atoms with Crippen LogP contribution in [0.15, 0.2) is 42.9 Å². The summed E-state index contributed by atoms with van der Waals surface area (Å²) in [5, 5.41) is 3.18. The largest absolute Gasteiger partial charge is 0.465 e. The van der Waals surface area contributed by atoms with Gasteiger partial charge in [-0.1, -0.05) is 12.1 Å². The van der Waals surface area contributed by atoms with Crippen LogP contribution in [0.4, 0.5) is 5.82 Å². The lowest BCUT2D eigenvalue weighted by Crippen LogP contribution is -2.07. The number of carbonyl (C=O) groups is 1. The van der Waals surface area contributed by atoms with Crippen LogP contribution in [0.2, 0.25) is 0 Å². The van der Waals surface area contributed by atoms with E-state index in [2.05, 4.69) is 20.0 Å². The van der Waals surface area contributed by atoms with E-state index in [1.165, 1.54) is 7.11 Å². The zero-order valence-corrected chi connectivity index (χ0v) is 10.7. The molecule has 98 valence electrons. The second-order valence-electron chi connectivity index (χ2n) is 3.96. The van der Waals surface area contributed by atoms with Crippen LogP contribution < -0.4 is 5.32 Å². The van der Waals surface area contributed by atoms with Gasteiger partial charge in [-0.05, 0) is 24.1 Å². The van der Waals surface area contributed by atoms with Crippen molar-refractivity contribution in [1.29, 1.82) is 0 Å². The molecule has 0 unspecified atom stereocenters. The summed E-state index contributed by atoms with van der Waals surface area (Å²) in [5.74, 6) is 0.443. The molecule has 0 aliphatic heterocycles. The fraction of sp³-hybridized carbons (Fsp3) is 0.214. The molecule has 0 bridgehead atoms. The maximum Gasteiger partial charge on any atom is 0.337 e. The molecule has 0 amide bonds. The average Bonchev–Trinajstić information content (AvgIpc) is 2.48. The second-order valence-corrected chi connectivity index (χ2v) is 3.96. The minimum atomic E-state index is -0.316. The van der Waals surface area contributed by atoms with E-state index in [4.69, 9.17) is 0 Å². The Morgan fingerprint density at radius 1 is 1.26 bits per heavy atom. The highest BCUT2D eigenvalue weighted by molar-refractivity contribution is 5.89. The van der Waals surface area contributed by atoms with E-state index in [-0.39, 0.29) is 5.97 Å². The number of aromatic nitrogens is 2. The van der Waals surface area contributed by atoms with Gasteiger partial charge in [0, 0.05) is 18.9 Å². The Bertz CT molecular complexity index is 526. The fourth-order valence-corrected chi connectivity index (χ4v) is 1.65. The number of nitrogens with one attached hydrogen (secondary N) is 1. The lowest BCUT2D eigenvalue weighted by Gasteiger charge is -2.05. The molecule has 0 aliphatic rings. The topological polar surface area (TPSA) is 64.1 Å². The summed E-state index contributed by atoms with van der Waals surface area (Å²) in [6.07, 6.45) is 5.81. The summed E-state index contributed by atoms with van der Waals surface area (Å²) in [4.78, 5) is 19.4. The van der Waals surface area contributed by atoms with Gasteiger partial charge in [0.05, 0.1) is 18.9 Å². The smallest absolute Gasteiger partial charge is 0.337 e. The van der Waals surface area contributed by atoms with Gasteiger partial charge in [0.1, 0.15) is 5.82 Å². The molecular formula is C14H15N3O2. The molecule has 1 heterocycles. The van der Waals surface area contributed by atoms with Crippen LogP contribution in [0.5, 0.6) is 0 Å². The van der Waals surface area contributed by atoms with Gasteiger partial charge >= 0.3 is 5.97 Å². The van der Waals surface area contributed by atoms with Crippen molar-refractivity contribution < 1.29 is 9.53 Å². The predicted octanol–water partition coefficient (Wildman–Crippen LogP) is 1.92. The third-order valence-corrected chi connectivity index (χ3v) is 2.66. The second kappa shape index (κ2) is 6.49. The number of nitrogens with zero attached hydrogens (tertiary/aromatic N) is 2. The minimum Gasteiger partial charge on any atom is -0.465 e. The summed E-state index contributed by atoms with van der Waals surface area (Å²) in [7, 11) is 1.38. The van der Waals surface area contributed by atoms with Crippen molar-refractivity contribution in [3.63, 3.8) is 0 Å². The molecule has 0 radical (unpaired) electrons. The fourth-order valence-electron chi connectivity index (χ4n) is 1.65.